The van der Waals surface area contributed by atoms with Gasteiger partial charge in [0.1, 0.15) is 18.6 Å². The summed E-state index contributed by atoms with van der Waals surface area (Å²) in [5.74, 6) is 0.137. The number of esters is 1. The number of carbonyl (C=O) groups excluding carboxylic acids is 2. The van der Waals surface area contributed by atoms with E-state index in [0.29, 0.717) is 5.88 Å². The number of rotatable bonds is 6. The minimum atomic E-state index is -0.938. The van der Waals surface area contributed by atoms with Crippen LogP contribution in [0.5, 0.6) is 0 Å². The predicted molar refractivity (Wildman–Crippen MR) is 79.3 cm³/mol. The molecule has 0 aromatic heterocycles. The number of alkyl halides is 1. The highest BCUT2D eigenvalue weighted by molar-refractivity contribution is 6.18. The Bertz CT molecular complexity index is 393. The Morgan fingerprint density at radius 2 is 1.76 bits per heavy atom. The summed E-state index contributed by atoms with van der Waals surface area (Å²) < 4.78 is 15.0. The summed E-state index contributed by atoms with van der Waals surface area (Å²) >= 11 is 5.95. The Balaban J connectivity index is 2.54. The van der Waals surface area contributed by atoms with Gasteiger partial charge >= 0.3 is 12.1 Å². The SMILES string of the molecule is CC(C)(CCl)CC(C)(C)COC(=O)C1(C)COC(=O)OC1. The molecule has 0 atom stereocenters. The highest BCUT2D eigenvalue weighted by atomic mass is 35.5. The van der Waals surface area contributed by atoms with E-state index in [1.54, 1.807) is 6.92 Å². The molecule has 0 aromatic rings. The molecule has 0 bridgehead atoms. The first-order chi connectivity index (χ1) is 9.50. The smallest absolute Gasteiger partial charge is 0.465 e. The molecule has 1 aliphatic rings. The van der Waals surface area contributed by atoms with Crippen molar-refractivity contribution in [2.75, 3.05) is 25.7 Å². The Kier molecular flexibility index (Phi) is 5.53. The average Bonchev–Trinajstić information content (AvgIpc) is 2.38. The van der Waals surface area contributed by atoms with E-state index in [4.69, 9.17) is 25.8 Å². The zero-order valence-corrected chi connectivity index (χ0v) is 14.2. The Labute approximate surface area is 131 Å². The van der Waals surface area contributed by atoms with Crippen LogP contribution in [0.2, 0.25) is 0 Å². The van der Waals surface area contributed by atoms with Crippen molar-refractivity contribution >= 4 is 23.7 Å². The second kappa shape index (κ2) is 6.42. The molecule has 1 aliphatic heterocycles. The number of ether oxygens (including phenoxy) is 3. The Hall–Kier alpha value is -0.970. The molecule has 0 aliphatic carbocycles. The molecule has 0 amide bonds. The van der Waals surface area contributed by atoms with E-state index in [1.807, 2.05) is 13.8 Å². The van der Waals surface area contributed by atoms with Crippen molar-refractivity contribution in [3.63, 3.8) is 0 Å². The molecule has 1 fully saturated rings. The summed E-state index contributed by atoms with van der Waals surface area (Å²) in [5, 5.41) is 0. The van der Waals surface area contributed by atoms with Crippen LogP contribution in [-0.4, -0.2) is 37.8 Å². The fraction of sp³-hybridized carbons (Fsp3) is 0.867. The summed E-state index contributed by atoms with van der Waals surface area (Å²) in [6.45, 7) is 10.2. The molecule has 0 unspecified atom stereocenters. The van der Waals surface area contributed by atoms with Crippen LogP contribution in [0.15, 0.2) is 0 Å². The Morgan fingerprint density at radius 3 is 2.24 bits per heavy atom. The molecule has 0 spiro atoms. The van der Waals surface area contributed by atoms with E-state index in [9.17, 15) is 9.59 Å². The third kappa shape index (κ3) is 5.38. The third-order valence-corrected chi connectivity index (χ3v) is 4.15. The lowest BCUT2D eigenvalue weighted by Crippen LogP contribution is -2.45. The molecule has 5 nitrogen and oxygen atoms in total. The van der Waals surface area contributed by atoms with Crippen molar-refractivity contribution in [1.82, 2.24) is 0 Å². The van der Waals surface area contributed by atoms with Gasteiger partial charge in [-0.2, -0.15) is 0 Å². The largest absolute Gasteiger partial charge is 0.508 e. The van der Waals surface area contributed by atoms with Crippen LogP contribution in [0.25, 0.3) is 0 Å². The quantitative estimate of drug-likeness (QED) is 0.554. The predicted octanol–water partition coefficient (Wildman–Crippen LogP) is 3.38. The van der Waals surface area contributed by atoms with Crippen molar-refractivity contribution in [1.29, 1.82) is 0 Å². The second-order valence-electron chi connectivity index (χ2n) is 7.60. The molecule has 122 valence electrons. The van der Waals surface area contributed by atoms with Gasteiger partial charge < -0.3 is 14.2 Å². The van der Waals surface area contributed by atoms with E-state index in [2.05, 4.69) is 13.8 Å². The fourth-order valence-corrected chi connectivity index (χ4v) is 2.56. The van der Waals surface area contributed by atoms with Gasteiger partial charge in [-0.1, -0.05) is 27.7 Å². The lowest BCUT2D eigenvalue weighted by Gasteiger charge is -2.35. The summed E-state index contributed by atoms with van der Waals surface area (Å²) in [5.41, 5.74) is -1.15. The van der Waals surface area contributed by atoms with Gasteiger partial charge in [-0.25, -0.2) is 4.79 Å². The first kappa shape index (κ1) is 18.1. The van der Waals surface area contributed by atoms with Crippen LogP contribution in [0.4, 0.5) is 4.79 Å². The zero-order valence-electron chi connectivity index (χ0n) is 13.5. The van der Waals surface area contributed by atoms with Gasteiger partial charge in [0.2, 0.25) is 0 Å². The standard InChI is InChI=1S/C15H25ClO5/c1-13(2,7-16)6-14(3,4)8-19-11(17)15(5)9-20-12(18)21-10-15/h6-10H2,1-5H3. The van der Waals surface area contributed by atoms with Crippen LogP contribution < -0.4 is 0 Å². The topological polar surface area (TPSA) is 61.8 Å². The minimum absolute atomic E-state index is 0.0156. The molecule has 0 radical (unpaired) electrons. The molecule has 1 heterocycles. The van der Waals surface area contributed by atoms with Crippen molar-refractivity contribution in [2.45, 2.75) is 41.0 Å². The van der Waals surface area contributed by atoms with Crippen LogP contribution in [0.1, 0.15) is 41.0 Å². The van der Waals surface area contributed by atoms with E-state index in [0.717, 1.165) is 6.42 Å². The third-order valence-electron chi connectivity index (χ3n) is 3.42. The van der Waals surface area contributed by atoms with Gasteiger partial charge in [0.05, 0.1) is 6.61 Å². The second-order valence-corrected chi connectivity index (χ2v) is 7.87. The number of halogens is 1. The highest BCUT2D eigenvalue weighted by Crippen LogP contribution is 2.35. The summed E-state index contributed by atoms with van der Waals surface area (Å²) in [4.78, 5) is 23.1. The summed E-state index contributed by atoms with van der Waals surface area (Å²) in [7, 11) is 0. The number of cyclic esters (lactones) is 2. The van der Waals surface area contributed by atoms with Crippen LogP contribution >= 0.6 is 11.6 Å². The molecule has 0 saturated carbocycles. The Morgan fingerprint density at radius 1 is 1.24 bits per heavy atom. The molecule has 1 saturated heterocycles. The van der Waals surface area contributed by atoms with E-state index in [1.165, 1.54) is 0 Å². The van der Waals surface area contributed by atoms with E-state index >= 15 is 0 Å². The van der Waals surface area contributed by atoms with Gasteiger partial charge in [0.25, 0.3) is 0 Å². The van der Waals surface area contributed by atoms with Crippen molar-refractivity contribution in [3.05, 3.63) is 0 Å². The van der Waals surface area contributed by atoms with Gasteiger partial charge in [-0.15, -0.1) is 11.6 Å². The molecule has 1 rings (SSSR count). The highest BCUT2D eigenvalue weighted by Gasteiger charge is 2.42. The molecule has 6 heteroatoms. The summed E-state index contributed by atoms with van der Waals surface area (Å²) in [6, 6.07) is 0. The minimum Gasteiger partial charge on any atom is -0.465 e. The fourth-order valence-electron chi connectivity index (χ4n) is 2.47. The monoisotopic (exact) mass is 320 g/mol. The average molecular weight is 321 g/mol. The van der Waals surface area contributed by atoms with Crippen LogP contribution in [0.3, 0.4) is 0 Å². The van der Waals surface area contributed by atoms with Gasteiger partial charge in [-0.05, 0) is 24.2 Å². The van der Waals surface area contributed by atoms with E-state index in [-0.39, 0.29) is 30.7 Å². The molecule has 0 N–H and O–H groups in total. The molecule has 21 heavy (non-hydrogen) atoms. The zero-order chi connectivity index (χ0) is 16.3. The lowest BCUT2D eigenvalue weighted by atomic mass is 9.76. The molecule has 0 aromatic carbocycles. The number of carbonyl (C=O) groups is 2. The van der Waals surface area contributed by atoms with Crippen LogP contribution in [0, 0.1) is 16.2 Å². The first-order valence-electron chi connectivity index (χ1n) is 7.03. The van der Waals surface area contributed by atoms with Crippen molar-refractivity contribution < 1.29 is 23.8 Å². The first-order valence-corrected chi connectivity index (χ1v) is 7.56. The summed E-state index contributed by atoms with van der Waals surface area (Å²) in [6.07, 6.45) is 0.0865. The van der Waals surface area contributed by atoms with Gasteiger partial charge in [-0.3, -0.25) is 4.79 Å². The van der Waals surface area contributed by atoms with Gasteiger partial charge in [0.15, 0.2) is 0 Å². The molecular weight excluding hydrogens is 296 g/mol. The maximum atomic E-state index is 12.2. The van der Waals surface area contributed by atoms with Crippen molar-refractivity contribution in [3.8, 4) is 0 Å². The van der Waals surface area contributed by atoms with Crippen LogP contribution in [-0.2, 0) is 19.0 Å². The van der Waals surface area contributed by atoms with Crippen molar-refractivity contribution in [2.24, 2.45) is 16.2 Å². The maximum absolute atomic E-state index is 12.2. The maximum Gasteiger partial charge on any atom is 0.508 e. The number of hydrogen-bond donors (Lipinski definition) is 0. The van der Waals surface area contributed by atoms with E-state index < -0.39 is 17.5 Å². The number of hydrogen-bond acceptors (Lipinski definition) is 5. The normalized spacial score (nSPS) is 18.7. The molecular formula is C15H25ClO5. The van der Waals surface area contributed by atoms with Gasteiger partial charge in [0, 0.05) is 5.88 Å². The lowest BCUT2D eigenvalue weighted by molar-refractivity contribution is -0.169.